The predicted octanol–water partition coefficient (Wildman–Crippen LogP) is 6.96. The number of aliphatic hydroxyl groups is 1. The summed E-state index contributed by atoms with van der Waals surface area (Å²) >= 11 is 0. The number of fused-ring (bicyclic) bond motifs is 5. The minimum atomic E-state index is -0.119. The third-order valence-electron chi connectivity index (χ3n) is 12.9. The molecule has 1 aromatic carbocycles. The molecule has 3 saturated carbocycles. The number of nitrogens with zero attached hydrogens (tertiary/aromatic N) is 1. The van der Waals surface area contributed by atoms with Gasteiger partial charge in [0.1, 0.15) is 0 Å². The van der Waals surface area contributed by atoms with Crippen molar-refractivity contribution in [3.63, 3.8) is 0 Å². The van der Waals surface area contributed by atoms with Gasteiger partial charge in [-0.3, -0.25) is 4.79 Å². The number of carbonyl (C=O) groups is 1. The largest absolute Gasteiger partial charge is 0.393 e. The highest BCUT2D eigenvalue weighted by atomic mass is 16.6. The van der Waals surface area contributed by atoms with Gasteiger partial charge in [0.05, 0.1) is 17.9 Å². The Kier molecular flexibility index (Phi) is 8.83. The molecular formula is C37H54N2O4. The van der Waals surface area contributed by atoms with Crippen molar-refractivity contribution in [3.8, 4) is 0 Å². The van der Waals surface area contributed by atoms with Gasteiger partial charge in [-0.25, -0.2) is 0 Å². The van der Waals surface area contributed by atoms with Crippen LogP contribution in [0.4, 0.5) is 0 Å². The highest BCUT2D eigenvalue weighted by molar-refractivity contribution is 5.96. The summed E-state index contributed by atoms with van der Waals surface area (Å²) in [5, 5.41) is 18.3. The van der Waals surface area contributed by atoms with E-state index in [1.807, 2.05) is 0 Å². The fourth-order valence-electron chi connectivity index (χ4n) is 10.1. The van der Waals surface area contributed by atoms with Crippen LogP contribution in [-0.4, -0.2) is 48.7 Å². The van der Waals surface area contributed by atoms with Gasteiger partial charge in [-0.2, -0.15) is 0 Å². The fourth-order valence-corrected chi connectivity index (χ4v) is 10.1. The molecule has 8 atom stereocenters. The zero-order chi connectivity index (χ0) is 30.2. The first-order chi connectivity index (χ1) is 20.6. The van der Waals surface area contributed by atoms with Crippen LogP contribution in [0.1, 0.15) is 104 Å². The van der Waals surface area contributed by atoms with E-state index in [-0.39, 0.29) is 41.0 Å². The van der Waals surface area contributed by atoms with Gasteiger partial charge in [-0.1, -0.05) is 68.8 Å². The van der Waals surface area contributed by atoms with Gasteiger partial charge in [0, 0.05) is 18.6 Å². The van der Waals surface area contributed by atoms with Gasteiger partial charge < -0.3 is 20.0 Å². The molecule has 1 heterocycles. The molecule has 0 spiro atoms. The van der Waals surface area contributed by atoms with Gasteiger partial charge in [0.15, 0.2) is 6.61 Å². The number of amides is 1. The van der Waals surface area contributed by atoms with Crippen LogP contribution in [0, 0.1) is 34.5 Å². The number of carbonyl (C=O) groups excluding carboxylic acids is 1. The molecule has 43 heavy (non-hydrogen) atoms. The van der Waals surface area contributed by atoms with Crippen LogP contribution < -0.4 is 5.32 Å². The van der Waals surface area contributed by atoms with E-state index in [1.165, 1.54) is 30.4 Å². The molecule has 0 unspecified atom stereocenters. The highest BCUT2D eigenvalue weighted by Crippen LogP contribution is 2.65. The Morgan fingerprint density at radius 2 is 1.88 bits per heavy atom. The van der Waals surface area contributed by atoms with Crippen molar-refractivity contribution >= 4 is 11.6 Å². The van der Waals surface area contributed by atoms with Crippen LogP contribution in [0.25, 0.3) is 0 Å². The standard InChI is InChI=1S/C37H54N2O4/c1-25(2)32-23-37(19-21-42-32,26-8-6-5-7-9-26)18-20-38-34(41)24-43-39-28-14-16-35(3)27(22-28)10-11-29-30-12-13-33(40)36(30,4)17-15-31(29)35/h5-9,22,25,29-33,40H,10-21,23-24H2,1-4H3,(H,38,41)/b39-28+/t29-,30-,31-,32-,33+,35-,36-,37-/m0/s1. The van der Waals surface area contributed by atoms with Crippen molar-refractivity contribution in [2.75, 3.05) is 19.8 Å². The van der Waals surface area contributed by atoms with Gasteiger partial charge in [-0.15, -0.1) is 0 Å². The number of hydrogen-bond acceptors (Lipinski definition) is 5. The second kappa shape index (κ2) is 12.3. The van der Waals surface area contributed by atoms with Gasteiger partial charge >= 0.3 is 0 Å². The monoisotopic (exact) mass is 590 g/mol. The average Bonchev–Trinajstić information content (AvgIpc) is 3.31. The quantitative estimate of drug-likeness (QED) is 0.321. The molecule has 6 rings (SSSR count). The van der Waals surface area contributed by atoms with Gasteiger partial charge in [-0.05, 0) is 117 Å². The molecule has 236 valence electrons. The zero-order valence-corrected chi connectivity index (χ0v) is 26.9. The summed E-state index contributed by atoms with van der Waals surface area (Å²) in [4.78, 5) is 18.4. The first-order valence-electron chi connectivity index (χ1n) is 17.2. The second-order valence-electron chi connectivity index (χ2n) is 15.3. The third-order valence-corrected chi connectivity index (χ3v) is 12.9. The Labute approximate surface area is 259 Å². The lowest BCUT2D eigenvalue weighted by Crippen LogP contribution is -2.51. The van der Waals surface area contributed by atoms with Crippen LogP contribution in [0.15, 0.2) is 47.1 Å². The van der Waals surface area contributed by atoms with E-state index in [9.17, 15) is 9.90 Å². The number of hydrogen-bond donors (Lipinski definition) is 2. The first kappa shape index (κ1) is 30.8. The van der Waals surface area contributed by atoms with Crippen molar-refractivity contribution in [2.45, 2.75) is 116 Å². The molecule has 2 N–H and O–H groups in total. The van der Waals surface area contributed by atoms with Crippen molar-refractivity contribution in [1.82, 2.24) is 5.32 Å². The molecule has 5 aliphatic rings. The van der Waals surface area contributed by atoms with Crippen molar-refractivity contribution < 1.29 is 19.5 Å². The van der Waals surface area contributed by atoms with Crippen molar-refractivity contribution in [2.24, 2.45) is 39.7 Å². The van der Waals surface area contributed by atoms with Crippen LogP contribution in [0.2, 0.25) is 0 Å². The van der Waals surface area contributed by atoms with E-state index >= 15 is 0 Å². The minimum Gasteiger partial charge on any atom is -0.393 e. The lowest BCUT2D eigenvalue weighted by molar-refractivity contribution is -0.125. The Bertz CT molecular complexity index is 1210. The predicted molar refractivity (Wildman–Crippen MR) is 171 cm³/mol. The van der Waals surface area contributed by atoms with E-state index in [2.05, 4.69) is 74.6 Å². The fraction of sp³-hybridized carbons (Fsp3) is 0.730. The smallest absolute Gasteiger partial charge is 0.260 e. The molecule has 0 radical (unpaired) electrons. The van der Waals surface area contributed by atoms with Gasteiger partial charge in [0.2, 0.25) is 0 Å². The Hall–Kier alpha value is -2.18. The number of allylic oxidation sites excluding steroid dienone is 2. The topological polar surface area (TPSA) is 80.2 Å². The molecular weight excluding hydrogens is 536 g/mol. The Balaban J connectivity index is 1.02. The molecule has 0 bridgehead atoms. The highest BCUT2D eigenvalue weighted by Gasteiger charge is 2.58. The molecule has 4 fully saturated rings. The van der Waals surface area contributed by atoms with E-state index in [1.54, 1.807) is 0 Å². The molecule has 6 heteroatoms. The lowest BCUT2D eigenvalue weighted by Gasteiger charge is -2.57. The molecule has 1 aromatic rings. The number of aliphatic hydroxyl groups excluding tert-OH is 1. The molecule has 1 amide bonds. The molecule has 1 saturated heterocycles. The SMILES string of the molecule is CC(C)[C@@H]1C[C@@](CCNC(=O)CO/N=C2/C=C3CC[C@H]4[C@@H]5CC[C@@H](O)[C@@]5(C)CC[C@@H]4[C@@]3(C)CC2)(c2ccccc2)CCO1. The van der Waals surface area contributed by atoms with Crippen LogP contribution >= 0.6 is 0 Å². The van der Waals surface area contributed by atoms with E-state index in [4.69, 9.17) is 9.57 Å². The molecule has 4 aliphatic carbocycles. The molecule has 1 aliphatic heterocycles. The number of nitrogens with one attached hydrogen (secondary N) is 1. The Morgan fingerprint density at radius 1 is 1.07 bits per heavy atom. The summed E-state index contributed by atoms with van der Waals surface area (Å²) in [5.41, 5.74) is 4.20. The lowest BCUT2D eigenvalue weighted by atomic mass is 9.47. The summed E-state index contributed by atoms with van der Waals surface area (Å²) in [6.45, 7) is 10.6. The zero-order valence-electron chi connectivity index (χ0n) is 26.9. The number of benzene rings is 1. The first-order valence-corrected chi connectivity index (χ1v) is 17.2. The van der Waals surface area contributed by atoms with E-state index in [0.29, 0.717) is 24.3 Å². The van der Waals surface area contributed by atoms with Crippen molar-refractivity contribution in [1.29, 1.82) is 0 Å². The van der Waals surface area contributed by atoms with Crippen LogP contribution in [0.5, 0.6) is 0 Å². The second-order valence-corrected chi connectivity index (χ2v) is 15.3. The summed E-state index contributed by atoms with van der Waals surface area (Å²) in [6, 6.07) is 10.7. The normalized spacial score (nSPS) is 39.9. The molecule has 6 nitrogen and oxygen atoms in total. The Morgan fingerprint density at radius 3 is 2.67 bits per heavy atom. The maximum atomic E-state index is 12.8. The molecule has 0 aromatic heterocycles. The number of rotatable bonds is 8. The number of ether oxygens (including phenoxy) is 1. The van der Waals surface area contributed by atoms with Gasteiger partial charge in [0.25, 0.3) is 5.91 Å². The van der Waals surface area contributed by atoms with Crippen LogP contribution in [0.3, 0.4) is 0 Å². The summed E-state index contributed by atoms with van der Waals surface area (Å²) in [5.74, 6) is 2.46. The number of oxime groups is 1. The maximum absolute atomic E-state index is 12.8. The van der Waals surface area contributed by atoms with E-state index < -0.39 is 0 Å². The van der Waals surface area contributed by atoms with Crippen molar-refractivity contribution in [3.05, 3.63) is 47.5 Å². The average molecular weight is 591 g/mol. The van der Waals surface area contributed by atoms with Crippen LogP contribution in [-0.2, 0) is 19.8 Å². The third kappa shape index (κ3) is 5.83. The summed E-state index contributed by atoms with van der Waals surface area (Å²) < 4.78 is 6.11. The van der Waals surface area contributed by atoms with E-state index in [0.717, 1.165) is 69.6 Å². The summed E-state index contributed by atoms with van der Waals surface area (Å²) in [7, 11) is 0. The minimum absolute atomic E-state index is 0.0112. The maximum Gasteiger partial charge on any atom is 0.260 e. The summed E-state index contributed by atoms with van der Waals surface area (Å²) in [6.07, 6.45) is 14.1.